The van der Waals surface area contributed by atoms with E-state index in [-0.39, 0.29) is 5.76 Å². The summed E-state index contributed by atoms with van der Waals surface area (Å²) in [4.78, 5) is 21.9. The van der Waals surface area contributed by atoms with Crippen LogP contribution < -0.4 is 0 Å². The van der Waals surface area contributed by atoms with Gasteiger partial charge in [-0.15, -0.1) is 0 Å². The van der Waals surface area contributed by atoms with Gasteiger partial charge in [-0.2, -0.15) is 0 Å². The number of methoxy groups -OCH3 is 1. The molecule has 0 atom stereocenters. The molecule has 4 nitrogen and oxygen atoms in total. The monoisotopic (exact) mass is 284 g/mol. The van der Waals surface area contributed by atoms with Gasteiger partial charge < -0.3 is 9.84 Å². The van der Waals surface area contributed by atoms with Gasteiger partial charge in [0.25, 0.3) is 5.78 Å². The zero-order valence-corrected chi connectivity index (χ0v) is 10.0. The van der Waals surface area contributed by atoms with Crippen molar-refractivity contribution >= 4 is 33.4 Å². The number of halogens is 1. The molecule has 84 valence electrons. The van der Waals surface area contributed by atoms with Crippen molar-refractivity contribution in [2.75, 3.05) is 7.11 Å². The number of ketones is 1. The summed E-state index contributed by atoms with van der Waals surface area (Å²) in [6.07, 6.45) is 0.828. The van der Waals surface area contributed by atoms with E-state index < -0.39 is 11.8 Å². The van der Waals surface area contributed by atoms with Gasteiger partial charge in [-0.25, -0.2) is 4.79 Å². The van der Waals surface area contributed by atoms with Crippen molar-refractivity contribution in [3.8, 4) is 0 Å². The topological polar surface area (TPSA) is 63.6 Å². The second-order valence-electron chi connectivity index (χ2n) is 2.89. The van der Waals surface area contributed by atoms with E-state index in [1.54, 1.807) is 24.3 Å². The fraction of sp³-hybridized carbons (Fsp3) is 0.0909. The third-order valence-electron chi connectivity index (χ3n) is 1.79. The van der Waals surface area contributed by atoms with E-state index in [1.807, 2.05) is 0 Å². The Bertz CT molecular complexity index is 434. The van der Waals surface area contributed by atoms with E-state index in [1.165, 1.54) is 0 Å². The molecule has 0 saturated heterocycles. The van der Waals surface area contributed by atoms with Crippen LogP contribution in [0.25, 0.3) is 5.76 Å². The van der Waals surface area contributed by atoms with Crippen LogP contribution in [0.5, 0.6) is 0 Å². The molecule has 0 aliphatic heterocycles. The van der Waals surface area contributed by atoms with Crippen molar-refractivity contribution in [1.29, 1.82) is 0 Å². The minimum absolute atomic E-state index is 0.275. The molecule has 0 aliphatic rings. The first-order valence-electron chi connectivity index (χ1n) is 4.33. The number of rotatable bonds is 3. The standard InChI is InChI=1S/C11H9BrO4/c1-16-11(15)10(14)6-9(13)7-2-4-8(12)5-3-7/h2-6,13H,1H3/b9-6-. The first-order chi connectivity index (χ1) is 7.54. The number of esters is 1. The number of hydrogen-bond acceptors (Lipinski definition) is 4. The van der Waals surface area contributed by atoms with E-state index in [0.29, 0.717) is 5.56 Å². The Morgan fingerprint density at radius 3 is 2.38 bits per heavy atom. The first kappa shape index (κ1) is 12.4. The molecule has 0 unspecified atom stereocenters. The van der Waals surface area contributed by atoms with Crippen LogP contribution >= 0.6 is 15.9 Å². The maximum atomic E-state index is 11.1. The van der Waals surface area contributed by atoms with Gasteiger partial charge in [-0.05, 0) is 12.1 Å². The highest BCUT2D eigenvalue weighted by Gasteiger charge is 2.12. The van der Waals surface area contributed by atoms with E-state index in [0.717, 1.165) is 17.7 Å². The van der Waals surface area contributed by atoms with Crippen LogP contribution in [0.1, 0.15) is 5.56 Å². The third kappa shape index (κ3) is 3.20. The van der Waals surface area contributed by atoms with Gasteiger partial charge in [0.2, 0.25) is 0 Å². The van der Waals surface area contributed by atoms with Crippen LogP contribution in [0, 0.1) is 0 Å². The van der Waals surface area contributed by atoms with E-state index in [2.05, 4.69) is 20.7 Å². The van der Waals surface area contributed by atoms with Gasteiger partial charge in [0.1, 0.15) is 5.76 Å². The number of benzene rings is 1. The average Bonchev–Trinajstić information content (AvgIpc) is 2.28. The smallest absolute Gasteiger partial charge is 0.378 e. The summed E-state index contributed by atoms with van der Waals surface area (Å²) in [6.45, 7) is 0. The van der Waals surface area contributed by atoms with Crippen molar-refractivity contribution in [2.45, 2.75) is 0 Å². The van der Waals surface area contributed by atoms with Gasteiger partial charge in [0.15, 0.2) is 0 Å². The van der Waals surface area contributed by atoms with Crippen LogP contribution in [0.15, 0.2) is 34.8 Å². The van der Waals surface area contributed by atoms with Gasteiger partial charge >= 0.3 is 5.97 Å². The second-order valence-corrected chi connectivity index (χ2v) is 3.81. The zero-order chi connectivity index (χ0) is 12.1. The fourth-order valence-corrected chi connectivity index (χ4v) is 1.25. The molecule has 16 heavy (non-hydrogen) atoms. The number of carbonyl (C=O) groups is 2. The van der Waals surface area contributed by atoms with Crippen molar-refractivity contribution < 1.29 is 19.4 Å². The maximum absolute atomic E-state index is 11.1. The predicted molar refractivity (Wildman–Crippen MR) is 61.8 cm³/mol. The fourth-order valence-electron chi connectivity index (χ4n) is 0.988. The average molecular weight is 285 g/mol. The minimum atomic E-state index is -1.01. The number of aliphatic hydroxyl groups excluding tert-OH is 1. The highest BCUT2D eigenvalue weighted by Crippen LogP contribution is 2.15. The summed E-state index contributed by atoms with van der Waals surface area (Å²) in [5.74, 6) is -2.19. The number of hydrogen-bond donors (Lipinski definition) is 1. The van der Waals surface area contributed by atoms with Crippen LogP contribution in [-0.2, 0) is 14.3 Å². The lowest BCUT2D eigenvalue weighted by Crippen LogP contribution is -2.13. The SMILES string of the molecule is COC(=O)C(=O)/C=C(\O)c1ccc(Br)cc1. The van der Waals surface area contributed by atoms with E-state index in [4.69, 9.17) is 0 Å². The molecule has 1 aromatic carbocycles. The largest absolute Gasteiger partial charge is 0.507 e. The highest BCUT2D eigenvalue weighted by molar-refractivity contribution is 9.10. The summed E-state index contributed by atoms with van der Waals surface area (Å²) in [5, 5.41) is 9.54. The molecule has 5 heteroatoms. The molecule has 1 aromatic rings. The normalized spacial score (nSPS) is 11.0. The van der Waals surface area contributed by atoms with Crippen LogP contribution in [0.2, 0.25) is 0 Å². The van der Waals surface area contributed by atoms with Crippen molar-refractivity contribution in [3.05, 3.63) is 40.4 Å². The summed E-state index contributed by atoms with van der Waals surface area (Å²) in [7, 11) is 1.10. The quantitative estimate of drug-likeness (QED) is 0.400. The predicted octanol–water partition coefficient (Wildman–Crippen LogP) is 2.09. The van der Waals surface area contributed by atoms with Crippen molar-refractivity contribution in [3.63, 3.8) is 0 Å². The molecule has 0 fully saturated rings. The molecule has 0 aromatic heterocycles. The molecule has 0 saturated carbocycles. The summed E-state index contributed by atoms with van der Waals surface area (Å²) in [6, 6.07) is 6.64. The molecule has 0 bridgehead atoms. The first-order valence-corrected chi connectivity index (χ1v) is 5.12. The molecule has 0 radical (unpaired) electrons. The van der Waals surface area contributed by atoms with Crippen molar-refractivity contribution in [2.24, 2.45) is 0 Å². The van der Waals surface area contributed by atoms with Crippen molar-refractivity contribution in [1.82, 2.24) is 0 Å². The Labute approximate surface area is 101 Å². The lowest BCUT2D eigenvalue weighted by Gasteiger charge is -1.99. The number of ether oxygens (including phenoxy) is 1. The Morgan fingerprint density at radius 2 is 1.88 bits per heavy atom. The summed E-state index contributed by atoms with van der Waals surface area (Å²) < 4.78 is 5.07. The second kappa shape index (κ2) is 5.46. The Morgan fingerprint density at radius 1 is 1.31 bits per heavy atom. The molecule has 1 rings (SSSR count). The molecule has 0 aliphatic carbocycles. The number of aliphatic hydroxyl groups is 1. The van der Waals surface area contributed by atoms with Gasteiger partial charge in [0, 0.05) is 16.1 Å². The Hall–Kier alpha value is -1.62. The molecular weight excluding hydrogens is 276 g/mol. The molecular formula is C11H9BrO4. The maximum Gasteiger partial charge on any atom is 0.378 e. The zero-order valence-electron chi connectivity index (χ0n) is 8.44. The van der Waals surface area contributed by atoms with Gasteiger partial charge in [-0.3, -0.25) is 4.79 Å². The summed E-state index contributed by atoms with van der Waals surface area (Å²) in [5.41, 5.74) is 0.445. The van der Waals surface area contributed by atoms with Gasteiger partial charge in [0.05, 0.1) is 7.11 Å². The lowest BCUT2D eigenvalue weighted by molar-refractivity contribution is -0.149. The van der Waals surface area contributed by atoms with Crippen LogP contribution in [0.3, 0.4) is 0 Å². The molecule has 0 amide bonds. The molecule has 0 heterocycles. The van der Waals surface area contributed by atoms with Gasteiger partial charge in [-0.1, -0.05) is 28.1 Å². The minimum Gasteiger partial charge on any atom is -0.507 e. The number of carbonyl (C=O) groups excluding carboxylic acids is 2. The lowest BCUT2D eigenvalue weighted by atomic mass is 10.1. The van der Waals surface area contributed by atoms with E-state index in [9.17, 15) is 14.7 Å². The highest BCUT2D eigenvalue weighted by atomic mass is 79.9. The summed E-state index contributed by atoms with van der Waals surface area (Å²) >= 11 is 3.24. The Balaban J connectivity index is 2.89. The molecule has 0 spiro atoms. The van der Waals surface area contributed by atoms with E-state index >= 15 is 0 Å². The van der Waals surface area contributed by atoms with Crippen LogP contribution in [-0.4, -0.2) is 24.0 Å². The van der Waals surface area contributed by atoms with Crippen LogP contribution in [0.4, 0.5) is 0 Å². The third-order valence-corrected chi connectivity index (χ3v) is 2.32. The Kier molecular flexibility index (Phi) is 4.25. The molecule has 1 N–H and O–H groups in total.